The molecule has 0 fully saturated rings. The van der Waals surface area contributed by atoms with Crippen LogP contribution in [0.5, 0.6) is 0 Å². The third kappa shape index (κ3) is 4.94. The van der Waals surface area contributed by atoms with Gasteiger partial charge in [0, 0.05) is 43.6 Å². The summed E-state index contributed by atoms with van der Waals surface area (Å²) < 4.78 is 113. The molecular weight excluding hydrogens is 701 g/mol. The largest absolute Gasteiger partial charge is 0.456 e. The molecule has 266 valence electrons. The van der Waals surface area contributed by atoms with Gasteiger partial charge in [0.05, 0.1) is 37.2 Å². The van der Waals surface area contributed by atoms with Gasteiger partial charge in [0.1, 0.15) is 22.3 Å². The van der Waals surface area contributed by atoms with Crippen molar-refractivity contribution < 1.29 is 23.9 Å². The normalized spacial score (nSPS) is 14.6. The number of rotatable bonds is 5. The summed E-state index contributed by atoms with van der Waals surface area (Å²) in [6.45, 7) is 0. The summed E-state index contributed by atoms with van der Waals surface area (Å²) in [6, 6.07) is 30.3. The molecule has 0 saturated carbocycles. The van der Waals surface area contributed by atoms with Crippen molar-refractivity contribution in [2.75, 3.05) is 0 Å². The van der Waals surface area contributed by atoms with Crippen LogP contribution >= 0.6 is 0 Å². The highest BCUT2D eigenvalue weighted by molar-refractivity contribution is 6.15. The van der Waals surface area contributed by atoms with Crippen LogP contribution in [0.1, 0.15) is 15.1 Å². The van der Waals surface area contributed by atoms with Crippen LogP contribution in [0.25, 0.3) is 117 Å². The Bertz CT molecular complexity index is 4170. The van der Waals surface area contributed by atoms with Gasteiger partial charge in [-0.2, -0.15) is 0 Å². The molecule has 0 bridgehead atoms. The summed E-state index contributed by atoms with van der Waals surface area (Å²) in [7, 11) is 0. The number of para-hydroxylation sites is 2. The first kappa shape index (κ1) is 22.5. The van der Waals surface area contributed by atoms with E-state index in [1.807, 2.05) is 97.1 Å². The lowest BCUT2D eigenvalue weighted by Gasteiger charge is -2.10. The van der Waals surface area contributed by atoms with E-state index in [1.54, 1.807) is 0 Å². The maximum Gasteiger partial charge on any atom is 0.164 e. The lowest BCUT2D eigenvalue weighted by Crippen LogP contribution is -2.00. The van der Waals surface area contributed by atoms with Crippen LogP contribution in [0.4, 0.5) is 0 Å². The van der Waals surface area contributed by atoms with Crippen molar-refractivity contribution in [3.05, 3.63) is 182 Å². The van der Waals surface area contributed by atoms with Crippen molar-refractivity contribution in [3.8, 4) is 51.0 Å². The first-order chi connectivity index (χ1) is 32.8. The molecule has 6 heteroatoms. The minimum atomic E-state index is -0.584. The molecule has 6 nitrogen and oxygen atoms in total. The molecule has 0 unspecified atom stereocenters. The van der Waals surface area contributed by atoms with Gasteiger partial charge in [0.2, 0.25) is 0 Å². The predicted octanol–water partition coefficient (Wildman–Crippen LogP) is 13.4. The molecule has 8 aromatic carbocycles. The second kappa shape index (κ2) is 12.3. The highest BCUT2D eigenvalue weighted by Gasteiger charge is 2.21. The minimum absolute atomic E-state index is 0.0244. The van der Waals surface area contributed by atoms with Crippen molar-refractivity contribution in [2.45, 2.75) is 0 Å². The molecule has 4 aromatic heterocycles. The van der Waals surface area contributed by atoms with E-state index in [-0.39, 0.29) is 96.6 Å². The van der Waals surface area contributed by atoms with Gasteiger partial charge in [0.25, 0.3) is 0 Å². The zero-order chi connectivity index (χ0) is 47.0. The Kier molecular flexibility index (Phi) is 4.88. The Labute approximate surface area is 341 Å². The van der Waals surface area contributed by atoms with Gasteiger partial charge in [0.15, 0.2) is 17.5 Å². The SMILES string of the molecule is [2H]c1cc2c(oc3c([2H])c([2H])c([2H])c(-n4c5ccc([2H])c([2H])c5c5c([2H])c([2H])c([2H])c([2H])c54)c32)c([2H])c1-c1nc(-c2ccccc2)nc(-c2cccc3oc4cc(-c5ccccc5)ccc4c23)n1. The lowest BCUT2D eigenvalue weighted by molar-refractivity contribution is 0.668. The van der Waals surface area contributed by atoms with Gasteiger partial charge < -0.3 is 13.4 Å². The highest BCUT2D eigenvalue weighted by atomic mass is 16.3. The Hall–Kier alpha value is -7.83. The van der Waals surface area contributed by atoms with Crippen LogP contribution in [-0.4, -0.2) is 19.5 Å². The molecule has 0 radical (unpaired) electrons. The molecule has 0 aliphatic carbocycles. The van der Waals surface area contributed by atoms with Gasteiger partial charge in [-0.05, 0) is 65.6 Å². The Balaban J connectivity index is 1.13. The van der Waals surface area contributed by atoms with Gasteiger partial charge in [-0.3, -0.25) is 0 Å². The zero-order valence-corrected chi connectivity index (χ0v) is 29.6. The zero-order valence-electron chi connectivity index (χ0n) is 40.6. The Morgan fingerprint density at radius 1 is 0.421 bits per heavy atom. The molecule has 4 heterocycles. The maximum absolute atomic E-state index is 9.72. The second-order valence-electron chi connectivity index (χ2n) is 13.5. The fourth-order valence-electron chi connectivity index (χ4n) is 7.70. The molecule has 0 saturated heterocycles. The monoisotopic (exact) mass is 741 g/mol. The molecule has 0 atom stereocenters. The number of aromatic nitrogens is 4. The molecule has 12 aromatic rings. The van der Waals surface area contributed by atoms with E-state index in [1.165, 1.54) is 22.8 Å². The van der Waals surface area contributed by atoms with Gasteiger partial charge in [-0.1, -0.05) is 127 Å². The predicted molar refractivity (Wildman–Crippen MR) is 230 cm³/mol. The Morgan fingerprint density at radius 3 is 2.04 bits per heavy atom. The fourth-order valence-corrected chi connectivity index (χ4v) is 7.70. The van der Waals surface area contributed by atoms with Crippen molar-refractivity contribution >= 4 is 65.7 Å². The summed E-state index contributed by atoms with van der Waals surface area (Å²) in [5.41, 5.74) is 4.06. The van der Waals surface area contributed by atoms with Crippen LogP contribution < -0.4 is 0 Å². The van der Waals surface area contributed by atoms with Crippen LogP contribution in [-0.2, 0) is 0 Å². The first-order valence-electron chi connectivity index (χ1n) is 23.6. The van der Waals surface area contributed by atoms with Crippen molar-refractivity contribution in [3.63, 3.8) is 0 Å². The third-order valence-corrected chi connectivity index (χ3v) is 10.3. The van der Waals surface area contributed by atoms with E-state index in [0.29, 0.717) is 22.3 Å². The van der Waals surface area contributed by atoms with Crippen molar-refractivity contribution in [2.24, 2.45) is 0 Å². The van der Waals surface area contributed by atoms with E-state index < -0.39 is 42.3 Å². The highest BCUT2D eigenvalue weighted by Crippen LogP contribution is 2.41. The lowest BCUT2D eigenvalue weighted by atomic mass is 10.0. The molecule has 0 aliphatic rings. The maximum atomic E-state index is 9.72. The van der Waals surface area contributed by atoms with E-state index >= 15 is 0 Å². The van der Waals surface area contributed by atoms with Crippen molar-refractivity contribution in [1.82, 2.24) is 19.5 Å². The third-order valence-electron chi connectivity index (χ3n) is 10.3. The van der Waals surface area contributed by atoms with Crippen LogP contribution in [0.2, 0.25) is 0 Å². The topological polar surface area (TPSA) is 69.9 Å². The molecular formula is C51H30N4O2. The quantitative estimate of drug-likeness (QED) is 0.176. The van der Waals surface area contributed by atoms with E-state index in [2.05, 4.69) is 0 Å². The summed E-state index contributed by atoms with van der Waals surface area (Å²) in [4.78, 5) is 14.8. The van der Waals surface area contributed by atoms with Crippen LogP contribution in [0, 0.1) is 0 Å². The first-order valence-corrected chi connectivity index (χ1v) is 18.1. The molecule has 12 rings (SSSR count). The average molecular weight is 742 g/mol. The summed E-state index contributed by atoms with van der Waals surface area (Å²) in [5.74, 6) is 0.481. The molecule has 0 amide bonds. The van der Waals surface area contributed by atoms with Crippen LogP contribution in [0.3, 0.4) is 0 Å². The number of hydrogen-bond acceptors (Lipinski definition) is 5. The number of benzene rings is 8. The summed E-state index contributed by atoms with van der Waals surface area (Å²) in [5, 5.41) is 1.68. The molecule has 0 spiro atoms. The fraction of sp³-hybridized carbons (Fsp3) is 0. The number of nitrogens with zero attached hydrogens (tertiary/aromatic N) is 4. The van der Waals surface area contributed by atoms with E-state index in [9.17, 15) is 4.11 Å². The van der Waals surface area contributed by atoms with E-state index in [4.69, 9.17) is 34.8 Å². The molecule has 57 heavy (non-hydrogen) atoms. The van der Waals surface area contributed by atoms with Gasteiger partial charge in [-0.25, -0.2) is 15.0 Å². The smallest absolute Gasteiger partial charge is 0.164 e. The standard InChI is InChI=1S/C51H30N4O2/c1-3-13-31(14-4-1)33-25-27-37-45(29-33)56-43-23-11-19-39(47(37)43)51-53-49(32-15-5-2-6-16-32)52-50(54-51)34-26-28-38-46(30-34)57-44-24-12-22-42(48(38)44)55-40-20-9-7-17-35(40)36-18-8-10-21-41(36)55/h1-30H/i7D,8D,9D,12D,17D,18D,20D,22D,24D,26D,30D. The number of fused-ring (bicyclic) bond motifs is 9. The summed E-state index contributed by atoms with van der Waals surface area (Å²) in [6.07, 6.45) is 0. The molecule has 0 aliphatic heterocycles. The summed E-state index contributed by atoms with van der Waals surface area (Å²) >= 11 is 0. The Morgan fingerprint density at radius 2 is 1.16 bits per heavy atom. The van der Waals surface area contributed by atoms with E-state index in [0.717, 1.165) is 21.9 Å². The second-order valence-corrected chi connectivity index (χ2v) is 13.5. The van der Waals surface area contributed by atoms with Gasteiger partial charge in [-0.15, -0.1) is 0 Å². The number of furan rings is 2. The van der Waals surface area contributed by atoms with Gasteiger partial charge >= 0.3 is 0 Å². The van der Waals surface area contributed by atoms with Crippen molar-refractivity contribution in [1.29, 1.82) is 0 Å². The number of hydrogen-bond donors (Lipinski definition) is 0. The minimum Gasteiger partial charge on any atom is -0.456 e. The van der Waals surface area contributed by atoms with Crippen LogP contribution in [0.15, 0.2) is 191 Å². The average Bonchev–Trinajstić information content (AvgIpc) is 4.04. The molecule has 0 N–H and O–H groups in total.